The number of likely N-dealkylation sites (N-methyl/N-ethyl adjacent to an activating group) is 1. The Bertz CT molecular complexity index is 610. The van der Waals surface area contributed by atoms with Crippen LogP contribution in [0, 0.1) is 0 Å². The lowest BCUT2D eigenvalue weighted by Crippen LogP contribution is -2.33. The smallest absolute Gasteiger partial charge is 0.321 e. The third-order valence-corrected chi connectivity index (χ3v) is 5.23. The van der Waals surface area contributed by atoms with Crippen LogP contribution in [-0.2, 0) is 32.4 Å². The normalized spacial score (nSPS) is 14.3. The van der Waals surface area contributed by atoms with Crippen molar-refractivity contribution in [2.24, 2.45) is 0 Å². The van der Waals surface area contributed by atoms with Crippen LogP contribution in [0.2, 0.25) is 0 Å². The number of esters is 1. The highest BCUT2D eigenvalue weighted by atomic mass is 32.2. The SMILES string of the molecule is CCOC(=O)CN(C)S(=O)(=O)c1ccc2c(c1)CCC2. The van der Waals surface area contributed by atoms with Crippen LogP contribution in [0.5, 0.6) is 0 Å². The number of benzene rings is 1. The van der Waals surface area contributed by atoms with Crippen LogP contribution in [0.15, 0.2) is 23.1 Å². The summed E-state index contributed by atoms with van der Waals surface area (Å²) in [5.74, 6) is -0.542. The van der Waals surface area contributed by atoms with E-state index in [0.717, 1.165) is 29.1 Å². The molecule has 0 aliphatic heterocycles. The molecule has 20 heavy (non-hydrogen) atoms. The van der Waals surface area contributed by atoms with Crippen molar-refractivity contribution < 1.29 is 17.9 Å². The van der Waals surface area contributed by atoms with Gasteiger partial charge in [-0.25, -0.2) is 8.42 Å². The highest BCUT2D eigenvalue weighted by Crippen LogP contribution is 2.25. The van der Waals surface area contributed by atoms with Gasteiger partial charge in [-0.15, -0.1) is 0 Å². The number of ether oxygens (including phenoxy) is 1. The van der Waals surface area contributed by atoms with Crippen LogP contribution < -0.4 is 0 Å². The lowest BCUT2D eigenvalue weighted by atomic mass is 10.1. The Morgan fingerprint density at radius 1 is 1.30 bits per heavy atom. The maximum absolute atomic E-state index is 12.4. The summed E-state index contributed by atoms with van der Waals surface area (Å²) in [7, 11) is -2.25. The Hall–Kier alpha value is -1.40. The topological polar surface area (TPSA) is 63.7 Å². The monoisotopic (exact) mass is 297 g/mol. The molecule has 2 rings (SSSR count). The zero-order valence-corrected chi connectivity index (χ0v) is 12.6. The van der Waals surface area contributed by atoms with E-state index in [1.165, 1.54) is 12.6 Å². The van der Waals surface area contributed by atoms with Gasteiger partial charge in [-0.3, -0.25) is 4.79 Å². The van der Waals surface area contributed by atoms with Gasteiger partial charge in [0.15, 0.2) is 0 Å². The molecule has 1 aromatic carbocycles. The van der Waals surface area contributed by atoms with E-state index >= 15 is 0 Å². The fourth-order valence-electron chi connectivity index (χ4n) is 2.36. The lowest BCUT2D eigenvalue weighted by Gasteiger charge is -2.16. The van der Waals surface area contributed by atoms with E-state index < -0.39 is 16.0 Å². The average molecular weight is 297 g/mol. The van der Waals surface area contributed by atoms with E-state index in [9.17, 15) is 13.2 Å². The maximum Gasteiger partial charge on any atom is 0.321 e. The second kappa shape index (κ2) is 5.93. The number of aryl methyl sites for hydroxylation is 2. The summed E-state index contributed by atoms with van der Waals surface area (Å²) in [6, 6.07) is 5.20. The van der Waals surface area contributed by atoms with Crippen molar-refractivity contribution in [2.75, 3.05) is 20.2 Å². The largest absolute Gasteiger partial charge is 0.465 e. The molecule has 0 radical (unpaired) electrons. The van der Waals surface area contributed by atoms with Gasteiger partial charge in [-0.05, 0) is 49.4 Å². The van der Waals surface area contributed by atoms with E-state index in [1.54, 1.807) is 19.1 Å². The van der Waals surface area contributed by atoms with Gasteiger partial charge in [-0.2, -0.15) is 4.31 Å². The van der Waals surface area contributed by atoms with Crippen molar-refractivity contribution in [3.63, 3.8) is 0 Å². The minimum absolute atomic E-state index is 0.241. The Morgan fingerprint density at radius 3 is 2.70 bits per heavy atom. The number of hydrogen-bond donors (Lipinski definition) is 0. The van der Waals surface area contributed by atoms with Gasteiger partial charge in [0.1, 0.15) is 6.54 Å². The number of carbonyl (C=O) groups excluding carboxylic acids is 1. The molecule has 0 fully saturated rings. The van der Waals surface area contributed by atoms with E-state index in [1.807, 2.05) is 6.07 Å². The number of sulfonamides is 1. The molecule has 0 atom stereocenters. The molecule has 0 bridgehead atoms. The predicted octanol–water partition coefficient (Wildman–Crippen LogP) is 1.36. The first kappa shape index (κ1) is 15.0. The molecular formula is C14H19NO4S. The van der Waals surface area contributed by atoms with E-state index in [-0.39, 0.29) is 18.0 Å². The van der Waals surface area contributed by atoms with Gasteiger partial charge in [0.05, 0.1) is 11.5 Å². The number of hydrogen-bond acceptors (Lipinski definition) is 4. The Kier molecular flexibility index (Phi) is 4.45. The van der Waals surface area contributed by atoms with Crippen LogP contribution in [0.3, 0.4) is 0 Å². The van der Waals surface area contributed by atoms with E-state index in [0.29, 0.717) is 0 Å². The van der Waals surface area contributed by atoms with Gasteiger partial charge in [-0.1, -0.05) is 6.07 Å². The van der Waals surface area contributed by atoms with Crippen LogP contribution in [0.1, 0.15) is 24.5 Å². The summed E-state index contributed by atoms with van der Waals surface area (Å²) in [6.45, 7) is 1.66. The van der Waals surface area contributed by atoms with Crippen LogP contribution in [0.4, 0.5) is 0 Å². The molecule has 0 N–H and O–H groups in total. The summed E-state index contributed by atoms with van der Waals surface area (Å²) in [6.07, 6.45) is 2.99. The number of fused-ring (bicyclic) bond motifs is 1. The Balaban J connectivity index is 2.19. The molecule has 0 saturated carbocycles. The van der Waals surface area contributed by atoms with E-state index in [2.05, 4.69) is 0 Å². The molecule has 1 aliphatic carbocycles. The minimum Gasteiger partial charge on any atom is -0.465 e. The van der Waals surface area contributed by atoms with Crippen molar-refractivity contribution >= 4 is 16.0 Å². The third kappa shape index (κ3) is 3.02. The molecular weight excluding hydrogens is 278 g/mol. The summed E-state index contributed by atoms with van der Waals surface area (Å²) < 4.78 is 30.6. The first-order valence-corrected chi connectivity index (χ1v) is 8.13. The molecule has 0 amide bonds. The standard InChI is InChI=1S/C14H19NO4S/c1-3-19-14(16)10-15(2)20(17,18)13-8-7-11-5-4-6-12(11)9-13/h7-9H,3-6,10H2,1-2H3. The zero-order valence-electron chi connectivity index (χ0n) is 11.8. The molecule has 0 saturated heterocycles. The highest BCUT2D eigenvalue weighted by molar-refractivity contribution is 7.89. The fraction of sp³-hybridized carbons (Fsp3) is 0.500. The van der Waals surface area contributed by atoms with Crippen molar-refractivity contribution in [3.8, 4) is 0 Å². The molecule has 5 nitrogen and oxygen atoms in total. The molecule has 110 valence electrons. The number of nitrogens with zero attached hydrogens (tertiary/aromatic N) is 1. The molecule has 6 heteroatoms. The van der Waals surface area contributed by atoms with Gasteiger partial charge in [0, 0.05) is 7.05 Å². The van der Waals surface area contributed by atoms with Gasteiger partial charge >= 0.3 is 5.97 Å². The van der Waals surface area contributed by atoms with Gasteiger partial charge in [0.25, 0.3) is 0 Å². The highest BCUT2D eigenvalue weighted by Gasteiger charge is 2.25. The predicted molar refractivity (Wildman–Crippen MR) is 74.9 cm³/mol. The van der Waals surface area contributed by atoms with Crippen LogP contribution in [0.25, 0.3) is 0 Å². The van der Waals surface area contributed by atoms with E-state index in [4.69, 9.17) is 4.74 Å². The molecule has 0 heterocycles. The van der Waals surface area contributed by atoms with Crippen molar-refractivity contribution in [2.45, 2.75) is 31.1 Å². The average Bonchev–Trinajstić information content (AvgIpc) is 2.85. The molecule has 1 aromatic rings. The first-order valence-electron chi connectivity index (χ1n) is 6.69. The molecule has 0 spiro atoms. The maximum atomic E-state index is 12.4. The van der Waals surface area contributed by atoms with Crippen LogP contribution >= 0.6 is 0 Å². The van der Waals surface area contributed by atoms with Crippen molar-refractivity contribution in [1.29, 1.82) is 0 Å². The lowest BCUT2D eigenvalue weighted by molar-refractivity contribution is -0.143. The first-order chi connectivity index (χ1) is 9.45. The summed E-state index contributed by atoms with van der Waals surface area (Å²) >= 11 is 0. The molecule has 0 unspecified atom stereocenters. The van der Waals surface area contributed by atoms with Gasteiger partial charge in [0.2, 0.25) is 10.0 Å². The van der Waals surface area contributed by atoms with Crippen molar-refractivity contribution in [1.82, 2.24) is 4.31 Å². The summed E-state index contributed by atoms with van der Waals surface area (Å²) in [4.78, 5) is 11.6. The van der Waals surface area contributed by atoms with Crippen LogP contribution in [-0.4, -0.2) is 38.9 Å². The van der Waals surface area contributed by atoms with Crippen molar-refractivity contribution in [3.05, 3.63) is 29.3 Å². The quantitative estimate of drug-likeness (QED) is 0.770. The Labute approximate surface area is 119 Å². The third-order valence-electron chi connectivity index (χ3n) is 3.44. The van der Waals surface area contributed by atoms with Gasteiger partial charge < -0.3 is 4.74 Å². The number of rotatable bonds is 5. The fourth-order valence-corrected chi connectivity index (χ4v) is 3.53. The summed E-state index contributed by atoms with van der Waals surface area (Å²) in [5.41, 5.74) is 2.31. The Morgan fingerprint density at radius 2 is 2.00 bits per heavy atom. The molecule has 0 aromatic heterocycles. The summed E-state index contributed by atoms with van der Waals surface area (Å²) in [5, 5.41) is 0. The minimum atomic E-state index is -3.64. The second-order valence-corrected chi connectivity index (χ2v) is 6.90. The zero-order chi connectivity index (χ0) is 14.8. The number of carbonyl (C=O) groups is 1. The molecule has 1 aliphatic rings. The second-order valence-electron chi connectivity index (χ2n) is 4.85.